The van der Waals surface area contributed by atoms with Gasteiger partial charge < -0.3 is 44.6 Å². The first-order chi connectivity index (χ1) is 62.7. The van der Waals surface area contributed by atoms with Crippen molar-refractivity contribution in [1.29, 1.82) is 0 Å². The third-order valence-corrected chi connectivity index (χ3v) is 22.8. The van der Waals surface area contributed by atoms with E-state index >= 15 is 0 Å². The van der Waals surface area contributed by atoms with Crippen LogP contribution in [0, 0.1) is 110 Å². The zero-order valence-corrected chi connectivity index (χ0v) is 77.4. The maximum atomic E-state index is 14.1. The first-order valence-corrected chi connectivity index (χ1v) is 44.7. The Balaban J connectivity index is 0.000000274. The van der Waals surface area contributed by atoms with Crippen molar-refractivity contribution < 1.29 is 113 Å². The van der Waals surface area contributed by atoms with Crippen molar-refractivity contribution in [3.05, 3.63) is 251 Å². The molecule has 0 heterocycles. The van der Waals surface area contributed by atoms with E-state index in [1.54, 1.807) is 60.6 Å². The van der Waals surface area contributed by atoms with E-state index in [0.29, 0.717) is 93.9 Å². The lowest BCUT2D eigenvalue weighted by Crippen LogP contribution is -2.13. The molecule has 4 N–H and O–H groups in total. The zero-order chi connectivity index (χ0) is 98.2. The average Bonchev–Trinajstić information content (AvgIpc) is 0.797. The molecule has 0 saturated heterocycles. The number of ether oxygens (including phenoxy) is 7. The van der Waals surface area contributed by atoms with Gasteiger partial charge >= 0.3 is 53.2 Å². The van der Waals surface area contributed by atoms with Crippen LogP contribution < -0.4 is 11.5 Å². The fourth-order valence-corrected chi connectivity index (χ4v) is 16.1. The molecule has 7 aromatic rings. The lowest BCUT2D eigenvalue weighted by Gasteiger charge is -2.22. The first kappa shape index (κ1) is 111. The summed E-state index contributed by atoms with van der Waals surface area (Å²) in [5.41, 5.74) is 13.5. The monoisotopic (exact) mass is 1930 g/mol. The topological polar surface area (TPSA) is 452 Å². The van der Waals surface area contributed by atoms with Crippen LogP contribution >= 0.6 is 46.4 Å². The van der Waals surface area contributed by atoms with Crippen LogP contribution in [-0.2, 0) is 58.8 Å². The standard InChI is InChI=1S/C16H20ClNO4.C16H22ClNO2.C16H20FNO4.C16H22FNO2.C10H10ClNO4.C9H7ClFNO4.C9H7F2NO4/c1-2-22-16(19)13-10-15(18(20)21)12(9-14(13)17)8-11-6-4-3-5-7-11;1-2-20-16(19)13-10-15(18)12(9-14(13)17)8-11-6-4-3-5-7-11;1-2-22-16(19)13-10-15(18(20)21)12(9-14(13)17)8-11-6-4-3-5-7-11;1-2-20-16(19)13-10-15(18)12(9-14(13)17)8-11-6-4-3-5-7-11;1-3-16-10(13)7-5-9(12(14)15)8(11)4-6(7)2;2*1-2-16-9(13)5-3-8(12(14)15)7(11)4-6(5)10/h9-11H,2-8H2,1H3;9-11H,2-8,18H2,1H3;9-11H,2-8H2,1H3;9-11H,2-8,18H2,1H3;4-5H,3H2,1-2H3;2*3-4H,2H2,1H3. The van der Waals surface area contributed by atoms with Crippen molar-refractivity contribution in [3.63, 3.8) is 0 Å². The number of hydrogen-bond donors (Lipinski definition) is 2. The van der Waals surface area contributed by atoms with Crippen LogP contribution in [0.4, 0.5) is 61.8 Å². The molecular formula is C92H108Cl4F5N7O24. The fraction of sp³-hybridized carbons (Fsp3) is 0.467. The molecule has 4 fully saturated rings. The number of carbonyl (C=O) groups is 7. The number of aryl methyl sites for hydroxylation is 1. The van der Waals surface area contributed by atoms with Crippen LogP contribution in [0.5, 0.6) is 0 Å². The van der Waals surface area contributed by atoms with E-state index in [4.69, 9.17) is 81.6 Å². The molecule has 0 aliphatic heterocycles. The third kappa shape index (κ3) is 34.4. The van der Waals surface area contributed by atoms with Gasteiger partial charge in [-0.25, -0.2) is 46.7 Å². The molecular weight excluding hydrogens is 1820 g/mol. The second-order valence-corrected chi connectivity index (χ2v) is 32.5. The van der Waals surface area contributed by atoms with Crippen molar-refractivity contribution in [2.45, 2.75) is 209 Å². The number of nitro benzene ring substituents is 5. The molecule has 0 unspecified atom stereocenters. The van der Waals surface area contributed by atoms with Gasteiger partial charge in [-0.3, -0.25) is 50.6 Å². The number of esters is 7. The normalized spacial score (nSPS) is 13.7. The van der Waals surface area contributed by atoms with Gasteiger partial charge in [0, 0.05) is 65.0 Å². The molecule has 4 aliphatic rings. The van der Waals surface area contributed by atoms with Crippen LogP contribution in [-0.4, -0.2) is 113 Å². The molecule has 0 spiro atoms. The fourth-order valence-electron chi connectivity index (χ4n) is 15.1. The number of nitrogens with zero attached hydrogens (tertiary/aromatic N) is 5. The van der Waals surface area contributed by atoms with Gasteiger partial charge in [-0.1, -0.05) is 175 Å². The van der Waals surface area contributed by atoms with Gasteiger partial charge in [-0.2, -0.15) is 8.78 Å². The molecule has 0 amide bonds. The molecule has 4 saturated carbocycles. The van der Waals surface area contributed by atoms with Gasteiger partial charge in [0.2, 0.25) is 11.6 Å². The number of hydrogen-bond acceptors (Lipinski definition) is 26. The molecule has 11 rings (SSSR count). The van der Waals surface area contributed by atoms with Crippen molar-refractivity contribution >= 4 is 128 Å². The van der Waals surface area contributed by atoms with Crippen molar-refractivity contribution in [1.82, 2.24) is 0 Å². The second kappa shape index (κ2) is 56.2. The van der Waals surface area contributed by atoms with Gasteiger partial charge in [-0.05, 0) is 164 Å². The molecule has 4 aliphatic carbocycles. The van der Waals surface area contributed by atoms with Crippen molar-refractivity contribution in [2.24, 2.45) is 23.7 Å². The number of nitrogen functional groups attached to an aromatic ring is 2. The largest absolute Gasteiger partial charge is 0.462 e. The molecule has 0 bridgehead atoms. The third-order valence-electron chi connectivity index (χ3n) is 21.5. The first-order valence-electron chi connectivity index (χ1n) is 43.2. The van der Waals surface area contributed by atoms with Crippen LogP contribution in [0.1, 0.15) is 277 Å². The second-order valence-electron chi connectivity index (χ2n) is 30.8. The predicted molar refractivity (Wildman–Crippen MR) is 485 cm³/mol. The SMILES string of the molecule is CCOC(=O)c1cc(N)c(CC2CCCCC2)cc1Cl.CCOC(=O)c1cc(N)c(CC2CCCCC2)cc1F.CCOC(=O)c1cc([N+](=O)[O-])c(CC2CCCCC2)cc1Cl.CCOC(=O)c1cc([N+](=O)[O-])c(CC2CCCCC2)cc1F.CCOC(=O)c1cc([N+](=O)[O-])c(Cl)cc1C.CCOC(=O)c1cc([N+](=O)[O-])c(F)cc1Cl.CCOC(=O)c1cc([N+](=O)[O-])c(F)cc1F. The van der Waals surface area contributed by atoms with Crippen molar-refractivity contribution in [2.75, 3.05) is 57.7 Å². The molecule has 132 heavy (non-hydrogen) atoms. The maximum Gasteiger partial charge on any atom is 0.341 e. The molecule has 0 aromatic heterocycles. The Bertz CT molecular complexity index is 4830. The van der Waals surface area contributed by atoms with E-state index in [-0.39, 0.29) is 106 Å². The highest BCUT2D eigenvalue weighted by Crippen LogP contribution is 2.39. The van der Waals surface area contributed by atoms with E-state index in [1.807, 2.05) is 6.07 Å². The predicted octanol–water partition coefficient (Wildman–Crippen LogP) is 23.9. The summed E-state index contributed by atoms with van der Waals surface area (Å²) in [6, 6.07) is 16.0. The molecule has 40 heteroatoms. The maximum absolute atomic E-state index is 14.1. The molecule has 0 radical (unpaired) electrons. The number of rotatable bonds is 27. The summed E-state index contributed by atoms with van der Waals surface area (Å²) < 4.78 is 100. The number of anilines is 2. The van der Waals surface area contributed by atoms with Gasteiger partial charge in [0.15, 0.2) is 0 Å². The summed E-state index contributed by atoms with van der Waals surface area (Å²) in [7, 11) is 0. The van der Waals surface area contributed by atoms with Crippen LogP contribution in [0.25, 0.3) is 0 Å². The highest BCUT2D eigenvalue weighted by atomic mass is 35.5. The minimum Gasteiger partial charge on any atom is -0.462 e. The molecule has 31 nitrogen and oxygen atoms in total. The summed E-state index contributed by atoms with van der Waals surface area (Å²) >= 11 is 23.6. The highest BCUT2D eigenvalue weighted by Gasteiger charge is 2.31. The molecule has 0 atom stereocenters. The average molecular weight is 1930 g/mol. The van der Waals surface area contributed by atoms with Crippen molar-refractivity contribution in [3.8, 4) is 0 Å². The number of nitrogens with two attached hydrogens (primary N) is 2. The van der Waals surface area contributed by atoms with Gasteiger partial charge in [0.05, 0.1) is 114 Å². The minimum atomic E-state index is -1.34. The lowest BCUT2D eigenvalue weighted by molar-refractivity contribution is -0.387. The van der Waals surface area contributed by atoms with E-state index in [2.05, 4.69) is 9.47 Å². The quantitative estimate of drug-likeness (QED) is 0.0121. The Morgan fingerprint density at radius 2 is 0.515 bits per heavy atom. The summed E-state index contributed by atoms with van der Waals surface area (Å²) in [5, 5.41) is 54.4. The zero-order valence-electron chi connectivity index (χ0n) is 74.4. The van der Waals surface area contributed by atoms with E-state index in [0.717, 1.165) is 86.8 Å². The van der Waals surface area contributed by atoms with Gasteiger partial charge in [0.1, 0.15) is 33.6 Å². The lowest BCUT2D eigenvalue weighted by atomic mass is 9.84. The molecule has 718 valence electrons. The Morgan fingerprint density at radius 1 is 0.288 bits per heavy atom. The van der Waals surface area contributed by atoms with E-state index in [9.17, 15) is 106 Å². The van der Waals surface area contributed by atoms with Gasteiger partial charge in [-0.15, -0.1) is 0 Å². The highest BCUT2D eigenvalue weighted by molar-refractivity contribution is 6.35. The van der Waals surface area contributed by atoms with E-state index < -0.39 is 112 Å². The smallest absolute Gasteiger partial charge is 0.341 e. The van der Waals surface area contributed by atoms with E-state index in [1.165, 1.54) is 121 Å². The minimum absolute atomic E-state index is 0.00977. The van der Waals surface area contributed by atoms with Crippen LogP contribution in [0.3, 0.4) is 0 Å². The number of halogens is 9. The summed E-state index contributed by atoms with van der Waals surface area (Å²) in [4.78, 5) is 131. The Morgan fingerprint density at radius 3 is 0.856 bits per heavy atom. The Kier molecular flexibility index (Phi) is 47.1. The number of nitro groups is 5. The summed E-state index contributed by atoms with van der Waals surface area (Å²) in [5.74, 6) is -7.87. The van der Waals surface area contributed by atoms with Gasteiger partial charge in [0.25, 0.3) is 17.1 Å². The molecule has 7 aromatic carbocycles. The Labute approximate surface area is 779 Å². The van der Waals surface area contributed by atoms with Crippen LogP contribution in [0.2, 0.25) is 20.1 Å². The summed E-state index contributed by atoms with van der Waals surface area (Å²) in [6.45, 7) is 14.3. The number of carbonyl (C=O) groups excluding carboxylic acids is 7. The van der Waals surface area contributed by atoms with Crippen LogP contribution in [0.15, 0.2) is 84.9 Å². The number of benzene rings is 7. The Hall–Kier alpha value is -11.8. The summed E-state index contributed by atoms with van der Waals surface area (Å²) in [6.07, 6.45) is 26.7.